The zero-order chi connectivity index (χ0) is 15.8. The maximum absolute atomic E-state index is 12.3. The van der Waals surface area contributed by atoms with Crippen LogP contribution in [0.3, 0.4) is 0 Å². The summed E-state index contributed by atoms with van der Waals surface area (Å²) in [4.78, 5) is 30.9. The zero-order valence-corrected chi connectivity index (χ0v) is 13.3. The minimum Gasteiger partial charge on any atom is -0.468 e. The first-order valence-corrected chi connectivity index (χ1v) is 7.03. The van der Waals surface area contributed by atoms with E-state index in [9.17, 15) is 9.59 Å². The fourth-order valence-electron chi connectivity index (χ4n) is 1.76. The number of aromatic nitrogens is 1. The van der Waals surface area contributed by atoms with Crippen molar-refractivity contribution in [2.45, 2.75) is 13.3 Å². The first kappa shape index (κ1) is 17.2. The molecule has 1 aromatic rings. The Morgan fingerprint density at radius 3 is 2.57 bits per heavy atom. The summed E-state index contributed by atoms with van der Waals surface area (Å²) in [5, 5.41) is 0.539. The molecule has 7 heteroatoms. The standard InChI is InChI=1S/C14H20ClN3O3/c1-4-7-18(10-14(20)21-3)13(19)9-17(2)12-6-5-11(15)8-16-12/h5-6,8H,4,7,9-10H2,1-3H3. The third kappa shape index (κ3) is 5.59. The molecular weight excluding hydrogens is 294 g/mol. The highest BCUT2D eigenvalue weighted by Gasteiger charge is 2.18. The van der Waals surface area contributed by atoms with E-state index in [1.54, 1.807) is 24.1 Å². The lowest BCUT2D eigenvalue weighted by Crippen LogP contribution is -2.42. The average molecular weight is 314 g/mol. The molecule has 0 unspecified atom stereocenters. The number of likely N-dealkylation sites (N-methyl/N-ethyl adjacent to an activating group) is 1. The van der Waals surface area contributed by atoms with Gasteiger partial charge in [0, 0.05) is 19.8 Å². The van der Waals surface area contributed by atoms with Crippen LogP contribution < -0.4 is 4.90 Å². The van der Waals surface area contributed by atoms with Crippen LogP contribution in [0.15, 0.2) is 18.3 Å². The molecule has 0 aliphatic carbocycles. The van der Waals surface area contributed by atoms with Crippen LogP contribution in [-0.4, -0.2) is 55.6 Å². The lowest BCUT2D eigenvalue weighted by atomic mass is 10.3. The summed E-state index contributed by atoms with van der Waals surface area (Å²) in [5.74, 6) is 0.0628. The van der Waals surface area contributed by atoms with Crippen molar-refractivity contribution in [3.8, 4) is 0 Å². The Kier molecular flexibility index (Phi) is 6.94. The molecule has 1 heterocycles. The van der Waals surface area contributed by atoms with E-state index < -0.39 is 5.97 Å². The maximum atomic E-state index is 12.3. The second kappa shape index (κ2) is 8.46. The lowest BCUT2D eigenvalue weighted by molar-refractivity contribution is -0.146. The predicted molar refractivity (Wildman–Crippen MR) is 81.4 cm³/mol. The molecule has 0 radical (unpaired) electrons. The molecule has 0 aromatic carbocycles. The van der Waals surface area contributed by atoms with Gasteiger partial charge in [-0.15, -0.1) is 0 Å². The van der Waals surface area contributed by atoms with Crippen molar-refractivity contribution >= 4 is 29.3 Å². The van der Waals surface area contributed by atoms with Gasteiger partial charge in [0.2, 0.25) is 5.91 Å². The zero-order valence-electron chi connectivity index (χ0n) is 12.5. The van der Waals surface area contributed by atoms with Crippen molar-refractivity contribution in [1.29, 1.82) is 0 Å². The summed E-state index contributed by atoms with van der Waals surface area (Å²) >= 11 is 5.78. The highest BCUT2D eigenvalue weighted by molar-refractivity contribution is 6.30. The van der Waals surface area contributed by atoms with Gasteiger partial charge in [0.1, 0.15) is 12.4 Å². The largest absolute Gasteiger partial charge is 0.468 e. The number of hydrogen-bond acceptors (Lipinski definition) is 5. The molecule has 0 spiro atoms. The number of halogens is 1. The normalized spacial score (nSPS) is 10.1. The number of nitrogens with zero attached hydrogens (tertiary/aromatic N) is 3. The minimum atomic E-state index is -0.427. The number of esters is 1. The minimum absolute atomic E-state index is 0.0366. The highest BCUT2D eigenvalue weighted by atomic mass is 35.5. The quantitative estimate of drug-likeness (QED) is 0.715. The summed E-state index contributed by atoms with van der Waals surface area (Å²) < 4.78 is 4.61. The molecule has 0 N–H and O–H groups in total. The van der Waals surface area contributed by atoms with E-state index in [2.05, 4.69) is 9.72 Å². The van der Waals surface area contributed by atoms with Crippen LogP contribution in [0.1, 0.15) is 13.3 Å². The van der Waals surface area contributed by atoms with Crippen LogP contribution in [0.5, 0.6) is 0 Å². The summed E-state index contributed by atoms with van der Waals surface area (Å²) in [6.07, 6.45) is 2.29. The van der Waals surface area contributed by atoms with Gasteiger partial charge in [-0.3, -0.25) is 9.59 Å². The van der Waals surface area contributed by atoms with Gasteiger partial charge >= 0.3 is 5.97 Å². The van der Waals surface area contributed by atoms with E-state index >= 15 is 0 Å². The van der Waals surface area contributed by atoms with Crippen LogP contribution in [0.2, 0.25) is 5.02 Å². The summed E-state index contributed by atoms with van der Waals surface area (Å²) in [7, 11) is 3.07. The molecular formula is C14H20ClN3O3. The van der Waals surface area contributed by atoms with Gasteiger partial charge in [0.25, 0.3) is 0 Å². The molecule has 0 bridgehead atoms. The van der Waals surface area contributed by atoms with Crippen LogP contribution in [0, 0.1) is 0 Å². The van der Waals surface area contributed by atoms with Crippen LogP contribution >= 0.6 is 11.6 Å². The van der Waals surface area contributed by atoms with Crippen molar-refractivity contribution in [2.24, 2.45) is 0 Å². The Balaban J connectivity index is 2.67. The highest BCUT2D eigenvalue weighted by Crippen LogP contribution is 2.13. The summed E-state index contributed by atoms with van der Waals surface area (Å²) in [6.45, 7) is 2.55. The summed E-state index contributed by atoms with van der Waals surface area (Å²) in [6, 6.07) is 3.45. The second-order valence-corrected chi connectivity index (χ2v) is 5.02. The van der Waals surface area contributed by atoms with Crippen molar-refractivity contribution < 1.29 is 14.3 Å². The van der Waals surface area contributed by atoms with Crippen LogP contribution in [0.25, 0.3) is 0 Å². The Hall–Kier alpha value is -1.82. The number of anilines is 1. The van der Waals surface area contributed by atoms with E-state index in [1.165, 1.54) is 18.2 Å². The van der Waals surface area contributed by atoms with Gasteiger partial charge in [-0.2, -0.15) is 0 Å². The molecule has 0 saturated carbocycles. The van der Waals surface area contributed by atoms with Crippen molar-refractivity contribution in [1.82, 2.24) is 9.88 Å². The Morgan fingerprint density at radius 1 is 1.33 bits per heavy atom. The number of hydrogen-bond donors (Lipinski definition) is 0. The van der Waals surface area contributed by atoms with Crippen LogP contribution in [0.4, 0.5) is 5.82 Å². The molecule has 0 fully saturated rings. The molecule has 0 atom stereocenters. The van der Waals surface area contributed by atoms with E-state index in [0.717, 1.165) is 6.42 Å². The molecule has 0 aliphatic heterocycles. The maximum Gasteiger partial charge on any atom is 0.325 e. The smallest absolute Gasteiger partial charge is 0.325 e. The third-order valence-corrected chi connectivity index (χ3v) is 3.09. The van der Waals surface area contributed by atoms with E-state index in [1.807, 2.05) is 6.92 Å². The number of pyridine rings is 1. The van der Waals surface area contributed by atoms with Gasteiger partial charge in [-0.05, 0) is 18.6 Å². The molecule has 1 aromatic heterocycles. The monoisotopic (exact) mass is 313 g/mol. The number of carbonyl (C=O) groups excluding carboxylic acids is 2. The molecule has 1 rings (SSSR count). The Labute approximate surface area is 129 Å². The molecule has 0 aliphatic rings. The molecule has 0 saturated heterocycles. The number of carbonyl (C=O) groups is 2. The van der Waals surface area contributed by atoms with E-state index in [4.69, 9.17) is 11.6 Å². The Bertz CT molecular complexity index is 479. The van der Waals surface area contributed by atoms with Gasteiger partial charge in [0.15, 0.2) is 0 Å². The fourth-order valence-corrected chi connectivity index (χ4v) is 1.87. The second-order valence-electron chi connectivity index (χ2n) is 4.58. The number of methoxy groups -OCH3 is 1. The molecule has 6 nitrogen and oxygen atoms in total. The van der Waals surface area contributed by atoms with Gasteiger partial charge in [-0.1, -0.05) is 18.5 Å². The van der Waals surface area contributed by atoms with Gasteiger partial charge in [-0.25, -0.2) is 4.98 Å². The van der Waals surface area contributed by atoms with Crippen molar-refractivity contribution in [3.63, 3.8) is 0 Å². The van der Waals surface area contributed by atoms with E-state index in [0.29, 0.717) is 17.4 Å². The van der Waals surface area contributed by atoms with Crippen LogP contribution in [-0.2, 0) is 14.3 Å². The van der Waals surface area contributed by atoms with Gasteiger partial charge in [0.05, 0.1) is 18.7 Å². The molecule has 1 amide bonds. The van der Waals surface area contributed by atoms with E-state index in [-0.39, 0.29) is 19.0 Å². The topological polar surface area (TPSA) is 62.7 Å². The van der Waals surface area contributed by atoms with Gasteiger partial charge < -0.3 is 14.5 Å². The first-order valence-electron chi connectivity index (χ1n) is 6.65. The third-order valence-electron chi connectivity index (χ3n) is 2.87. The molecule has 116 valence electrons. The fraction of sp³-hybridized carbons (Fsp3) is 0.500. The van der Waals surface area contributed by atoms with Crippen molar-refractivity contribution in [3.05, 3.63) is 23.4 Å². The van der Waals surface area contributed by atoms with Crippen molar-refractivity contribution in [2.75, 3.05) is 38.7 Å². The summed E-state index contributed by atoms with van der Waals surface area (Å²) in [5.41, 5.74) is 0. The number of ether oxygens (including phenoxy) is 1. The number of rotatable bonds is 7. The lowest BCUT2D eigenvalue weighted by Gasteiger charge is -2.24. The average Bonchev–Trinajstić information content (AvgIpc) is 2.47. The molecule has 21 heavy (non-hydrogen) atoms. The predicted octanol–water partition coefficient (Wildman–Crippen LogP) is 1.58. The Morgan fingerprint density at radius 2 is 2.05 bits per heavy atom. The SMILES string of the molecule is CCCN(CC(=O)OC)C(=O)CN(C)c1ccc(Cl)cn1. The first-order chi connectivity index (χ1) is 9.97. The number of amides is 1.